The van der Waals surface area contributed by atoms with Gasteiger partial charge in [0.05, 0.1) is 11.0 Å². The highest BCUT2D eigenvalue weighted by Gasteiger charge is 2.42. The molecule has 0 N–H and O–H groups in total. The molecule has 9 aromatic carbocycles. The van der Waals surface area contributed by atoms with Crippen molar-refractivity contribution in [3.8, 4) is 33.7 Å². The van der Waals surface area contributed by atoms with Crippen LogP contribution in [0.15, 0.2) is 243 Å². The van der Waals surface area contributed by atoms with Gasteiger partial charge in [0.2, 0.25) is 0 Å². The zero-order valence-corrected chi connectivity index (χ0v) is 35.8. The highest BCUT2D eigenvalue weighted by molar-refractivity contribution is 6.10. The molecule has 3 heteroatoms. The molecule has 0 radical (unpaired) electrons. The minimum atomic E-state index is -0.421. The summed E-state index contributed by atoms with van der Waals surface area (Å²) in [5.41, 5.74) is 17.7. The molecule has 1 aliphatic heterocycles. The van der Waals surface area contributed by atoms with Crippen LogP contribution >= 0.6 is 0 Å². The van der Waals surface area contributed by atoms with Crippen molar-refractivity contribution in [1.29, 1.82) is 0 Å². The fourth-order valence-electron chi connectivity index (χ4n) is 11.1. The van der Waals surface area contributed by atoms with E-state index in [4.69, 9.17) is 4.74 Å². The molecule has 0 bridgehead atoms. The summed E-state index contributed by atoms with van der Waals surface area (Å²) < 4.78 is 9.03. The Labute approximate surface area is 379 Å². The van der Waals surface area contributed by atoms with Gasteiger partial charge < -0.3 is 14.2 Å². The van der Waals surface area contributed by atoms with E-state index in [1.807, 2.05) is 0 Å². The van der Waals surface area contributed by atoms with Crippen molar-refractivity contribution in [2.45, 2.75) is 23.9 Å². The number of ether oxygens (including phenoxy) is 1. The lowest BCUT2D eigenvalue weighted by Crippen LogP contribution is -2.35. The fraction of sp³-hybridized carbons (Fsp3) is 0.0645. The van der Waals surface area contributed by atoms with Gasteiger partial charge in [-0.25, -0.2) is 0 Å². The van der Waals surface area contributed by atoms with Gasteiger partial charge in [0.1, 0.15) is 11.9 Å². The normalized spacial score (nSPS) is 16.4. The predicted octanol–water partition coefficient (Wildman–Crippen LogP) is 15.4. The van der Waals surface area contributed by atoms with Crippen molar-refractivity contribution in [2.24, 2.45) is 0 Å². The van der Waals surface area contributed by atoms with Crippen LogP contribution in [0.1, 0.15) is 33.7 Å². The number of allylic oxidation sites excluding steroid dienone is 2. The monoisotopic (exact) mass is 832 g/mol. The topological polar surface area (TPSA) is 17.4 Å². The van der Waals surface area contributed by atoms with Gasteiger partial charge in [0, 0.05) is 56.5 Å². The number of hydrogen-bond acceptors (Lipinski definition) is 2. The Kier molecular flexibility index (Phi) is 8.64. The number of rotatable bonds is 7. The molecule has 2 aliphatic carbocycles. The number of aromatic nitrogens is 1. The van der Waals surface area contributed by atoms with Crippen molar-refractivity contribution >= 4 is 38.9 Å². The average molecular weight is 833 g/mol. The summed E-state index contributed by atoms with van der Waals surface area (Å²) in [6.45, 7) is 0. The molecule has 2 atom stereocenters. The maximum atomic E-state index is 6.66. The molecule has 0 saturated carbocycles. The van der Waals surface area contributed by atoms with Crippen LogP contribution in [0.25, 0.3) is 49.7 Å². The van der Waals surface area contributed by atoms with Crippen LogP contribution in [0.3, 0.4) is 0 Å². The predicted molar refractivity (Wildman–Crippen MR) is 268 cm³/mol. The van der Waals surface area contributed by atoms with Gasteiger partial charge in [0.15, 0.2) is 0 Å². The summed E-state index contributed by atoms with van der Waals surface area (Å²) >= 11 is 0. The van der Waals surface area contributed by atoms with Gasteiger partial charge in [-0.1, -0.05) is 170 Å². The van der Waals surface area contributed by atoms with Crippen molar-refractivity contribution in [3.05, 3.63) is 271 Å². The molecule has 1 aromatic heterocycles. The third kappa shape index (κ3) is 5.96. The van der Waals surface area contributed by atoms with Crippen molar-refractivity contribution in [2.75, 3.05) is 4.90 Å². The number of nitrogens with zero attached hydrogens (tertiary/aromatic N) is 2. The molecular weight excluding hydrogens is 789 g/mol. The third-order valence-electron chi connectivity index (χ3n) is 14.1. The van der Waals surface area contributed by atoms with E-state index >= 15 is 0 Å². The van der Waals surface area contributed by atoms with Gasteiger partial charge in [-0.05, 0) is 118 Å². The molecule has 13 rings (SSSR count). The second-order valence-electron chi connectivity index (χ2n) is 17.6. The van der Waals surface area contributed by atoms with Crippen LogP contribution < -0.4 is 9.64 Å². The highest BCUT2D eigenvalue weighted by Crippen LogP contribution is 2.53. The Hall–Kier alpha value is -8.14. The molecule has 308 valence electrons. The van der Waals surface area contributed by atoms with Crippen LogP contribution in [0, 0.1) is 0 Å². The van der Waals surface area contributed by atoms with E-state index in [9.17, 15) is 0 Å². The van der Waals surface area contributed by atoms with Gasteiger partial charge in [-0.3, -0.25) is 0 Å². The Bertz CT molecular complexity index is 3450. The second kappa shape index (κ2) is 15.0. The lowest BCUT2D eigenvalue weighted by atomic mass is 9.61. The summed E-state index contributed by atoms with van der Waals surface area (Å²) in [6, 6.07) is 80.5. The maximum Gasteiger partial charge on any atom is 0.128 e. The molecule has 0 amide bonds. The van der Waals surface area contributed by atoms with Crippen LogP contribution in [0.2, 0.25) is 0 Å². The third-order valence-corrected chi connectivity index (χ3v) is 14.1. The van der Waals surface area contributed by atoms with Gasteiger partial charge in [-0.15, -0.1) is 0 Å². The van der Waals surface area contributed by atoms with Crippen LogP contribution in [-0.4, -0.2) is 10.7 Å². The number of fused-ring (bicyclic) bond motifs is 9. The Morgan fingerprint density at radius 2 is 1.11 bits per heavy atom. The Balaban J connectivity index is 0.980. The van der Waals surface area contributed by atoms with E-state index in [0.29, 0.717) is 0 Å². The van der Waals surface area contributed by atoms with Crippen LogP contribution in [0.5, 0.6) is 5.75 Å². The first kappa shape index (κ1) is 37.4. The van der Waals surface area contributed by atoms with Crippen molar-refractivity contribution in [3.63, 3.8) is 0 Å². The summed E-state index contributed by atoms with van der Waals surface area (Å²) in [5.74, 6) is 1.16. The first-order chi connectivity index (χ1) is 32.2. The quantitative estimate of drug-likeness (QED) is 0.159. The van der Waals surface area contributed by atoms with E-state index in [2.05, 4.69) is 252 Å². The van der Waals surface area contributed by atoms with E-state index < -0.39 is 5.41 Å². The molecule has 0 fully saturated rings. The number of para-hydroxylation sites is 2. The van der Waals surface area contributed by atoms with Crippen LogP contribution in [0.4, 0.5) is 17.1 Å². The number of anilines is 3. The second-order valence-corrected chi connectivity index (χ2v) is 17.6. The highest BCUT2D eigenvalue weighted by atomic mass is 16.5. The molecule has 10 aromatic rings. The first-order valence-electron chi connectivity index (χ1n) is 22.7. The van der Waals surface area contributed by atoms with E-state index in [1.165, 1.54) is 71.9 Å². The average Bonchev–Trinajstić information content (AvgIpc) is 3.92. The minimum Gasteiger partial charge on any atom is -0.485 e. The molecule has 0 spiro atoms. The van der Waals surface area contributed by atoms with E-state index in [1.54, 1.807) is 0 Å². The Morgan fingerprint density at radius 3 is 1.91 bits per heavy atom. The van der Waals surface area contributed by atoms with Gasteiger partial charge >= 0.3 is 0 Å². The largest absolute Gasteiger partial charge is 0.485 e. The molecular formula is C62H44N2O. The molecule has 2 unspecified atom stereocenters. The standard InChI is InChI=1S/C62H44N2O/c1-4-17-45(18-5-1)62(46-19-6-2-7-20-46)41-44-16-10-11-23-51(44)52-35-33-49(39-57(52)62)63(50-34-36-55-54-25-13-15-27-60(54)65-61(55)40-50)48-31-28-42(29-32-48)43-30-37-59-56(38-43)53-24-12-14-26-58(53)64(59)47-21-8-3-9-22-47/h1-40,54,60H,41H2. The summed E-state index contributed by atoms with van der Waals surface area (Å²) in [4.78, 5) is 2.42. The maximum absolute atomic E-state index is 6.66. The summed E-state index contributed by atoms with van der Waals surface area (Å²) in [5, 5.41) is 2.49. The smallest absolute Gasteiger partial charge is 0.128 e. The molecule has 3 nitrogen and oxygen atoms in total. The van der Waals surface area contributed by atoms with E-state index in [0.717, 1.165) is 34.9 Å². The molecule has 2 heterocycles. The fourth-order valence-corrected chi connectivity index (χ4v) is 11.1. The number of benzene rings is 9. The van der Waals surface area contributed by atoms with Gasteiger partial charge in [-0.2, -0.15) is 0 Å². The number of hydrogen-bond donors (Lipinski definition) is 0. The zero-order valence-electron chi connectivity index (χ0n) is 35.8. The lowest BCUT2D eigenvalue weighted by Gasteiger charge is -2.42. The van der Waals surface area contributed by atoms with Gasteiger partial charge in [0.25, 0.3) is 0 Å². The molecule has 3 aliphatic rings. The SMILES string of the molecule is C1=CC2Oc3cc(N(c4ccc(-c5ccc6c(c5)c5ccccc5n6-c5ccccc5)cc4)c4ccc5c(c4)C(c4ccccc4)(c4ccccc4)Cc4ccccc4-5)ccc3C2C=C1. The molecule has 65 heavy (non-hydrogen) atoms. The minimum absolute atomic E-state index is 0.0122. The summed E-state index contributed by atoms with van der Waals surface area (Å²) in [7, 11) is 0. The van der Waals surface area contributed by atoms with E-state index in [-0.39, 0.29) is 12.0 Å². The van der Waals surface area contributed by atoms with Crippen molar-refractivity contribution in [1.82, 2.24) is 4.57 Å². The molecule has 0 saturated heterocycles. The summed E-state index contributed by atoms with van der Waals surface area (Å²) in [6.07, 6.45) is 9.53. The Morgan fingerprint density at radius 1 is 0.477 bits per heavy atom. The zero-order chi connectivity index (χ0) is 42.9. The lowest BCUT2D eigenvalue weighted by molar-refractivity contribution is 0.269. The van der Waals surface area contributed by atoms with Crippen molar-refractivity contribution < 1.29 is 4.74 Å². The van der Waals surface area contributed by atoms with Crippen LogP contribution in [-0.2, 0) is 11.8 Å². The first-order valence-corrected chi connectivity index (χ1v) is 22.7.